The third-order valence-corrected chi connectivity index (χ3v) is 5.74. The maximum Gasteiger partial charge on any atom is 0.315 e. The van der Waals surface area contributed by atoms with E-state index in [9.17, 15) is 4.79 Å². The smallest absolute Gasteiger partial charge is 0.315 e. The van der Waals surface area contributed by atoms with Crippen LogP contribution in [0.3, 0.4) is 0 Å². The summed E-state index contributed by atoms with van der Waals surface area (Å²) >= 11 is 0. The summed E-state index contributed by atoms with van der Waals surface area (Å²) in [7, 11) is 0. The Kier molecular flexibility index (Phi) is 3.48. The predicted octanol–water partition coefficient (Wildman–Crippen LogP) is 3.44. The monoisotopic (exact) mass is 264 g/mol. The molecule has 2 N–H and O–H groups in total. The van der Waals surface area contributed by atoms with Gasteiger partial charge in [-0.25, -0.2) is 4.79 Å². The Bertz CT molecular complexity index is 313. The topological polar surface area (TPSA) is 41.1 Å². The Morgan fingerprint density at radius 3 is 1.95 bits per heavy atom. The number of hydrogen-bond acceptors (Lipinski definition) is 1. The molecule has 0 unspecified atom stereocenters. The number of rotatable bonds is 4. The zero-order chi connectivity index (χ0) is 13.5. The summed E-state index contributed by atoms with van der Waals surface area (Å²) in [4.78, 5) is 12.2. The van der Waals surface area contributed by atoms with Crippen LogP contribution in [0.5, 0.6) is 0 Å². The van der Waals surface area contributed by atoms with E-state index >= 15 is 0 Å². The van der Waals surface area contributed by atoms with E-state index in [1.54, 1.807) is 0 Å². The van der Waals surface area contributed by atoms with E-state index in [-0.39, 0.29) is 11.6 Å². The predicted molar refractivity (Wildman–Crippen MR) is 76.9 cm³/mol. The fraction of sp³-hybridized carbons (Fsp3) is 0.938. The molecule has 0 aromatic carbocycles. The van der Waals surface area contributed by atoms with Crippen LogP contribution in [-0.2, 0) is 0 Å². The standard InChI is InChI=1S/C16H28N2O/c1-3-14(4-2)17-15(19)18-16-8-11-5-12(9-16)7-13(6-11)10-16/h11-14H,3-10H2,1-2H3,(H2,17,18,19). The fourth-order valence-corrected chi connectivity index (χ4v) is 5.22. The molecule has 0 heterocycles. The fourth-order valence-electron chi connectivity index (χ4n) is 5.22. The molecule has 2 amide bonds. The first kappa shape index (κ1) is 13.3. The first-order valence-corrected chi connectivity index (χ1v) is 8.21. The van der Waals surface area contributed by atoms with E-state index in [2.05, 4.69) is 24.5 Å². The quantitative estimate of drug-likeness (QED) is 0.802. The second-order valence-corrected chi connectivity index (χ2v) is 7.31. The van der Waals surface area contributed by atoms with Gasteiger partial charge < -0.3 is 10.6 Å². The van der Waals surface area contributed by atoms with Crippen molar-refractivity contribution in [1.82, 2.24) is 10.6 Å². The molecule has 4 bridgehead atoms. The molecule has 4 fully saturated rings. The van der Waals surface area contributed by atoms with Crippen LogP contribution in [-0.4, -0.2) is 17.6 Å². The molecule has 4 aliphatic rings. The minimum atomic E-state index is 0.0793. The number of carbonyl (C=O) groups excluding carboxylic acids is 1. The summed E-state index contributed by atoms with van der Waals surface area (Å²) < 4.78 is 0. The summed E-state index contributed by atoms with van der Waals surface area (Å²) in [5.74, 6) is 2.67. The lowest BCUT2D eigenvalue weighted by atomic mass is 9.53. The highest BCUT2D eigenvalue weighted by atomic mass is 16.2. The van der Waals surface area contributed by atoms with Gasteiger partial charge in [0.25, 0.3) is 0 Å². The highest BCUT2D eigenvalue weighted by Gasteiger charge is 2.51. The minimum Gasteiger partial charge on any atom is -0.335 e. The average Bonchev–Trinajstić information content (AvgIpc) is 2.33. The van der Waals surface area contributed by atoms with Crippen molar-refractivity contribution in [2.45, 2.75) is 76.8 Å². The van der Waals surface area contributed by atoms with Gasteiger partial charge in [-0.15, -0.1) is 0 Å². The normalized spacial score (nSPS) is 39.6. The molecule has 4 rings (SSSR count). The van der Waals surface area contributed by atoms with Crippen molar-refractivity contribution < 1.29 is 4.79 Å². The molecule has 3 heteroatoms. The largest absolute Gasteiger partial charge is 0.335 e. The third kappa shape index (κ3) is 2.61. The molecule has 4 saturated carbocycles. The van der Waals surface area contributed by atoms with Crippen molar-refractivity contribution >= 4 is 6.03 Å². The first-order chi connectivity index (χ1) is 9.12. The highest BCUT2D eigenvalue weighted by molar-refractivity contribution is 5.75. The summed E-state index contributed by atoms with van der Waals surface area (Å²) in [5, 5.41) is 6.51. The number of urea groups is 1. The van der Waals surface area contributed by atoms with E-state index in [1.807, 2.05) is 0 Å². The van der Waals surface area contributed by atoms with Gasteiger partial charge in [0.15, 0.2) is 0 Å². The first-order valence-electron chi connectivity index (χ1n) is 8.21. The van der Waals surface area contributed by atoms with E-state index < -0.39 is 0 Å². The molecular formula is C16H28N2O. The Morgan fingerprint density at radius 2 is 1.53 bits per heavy atom. The van der Waals surface area contributed by atoms with Gasteiger partial charge in [-0.1, -0.05) is 13.8 Å². The molecule has 4 aliphatic carbocycles. The van der Waals surface area contributed by atoms with Gasteiger partial charge in [0.2, 0.25) is 0 Å². The number of hydrogen-bond donors (Lipinski definition) is 2. The molecule has 0 aliphatic heterocycles. The number of amides is 2. The molecule has 0 radical (unpaired) electrons. The van der Waals surface area contributed by atoms with Crippen LogP contribution in [0.15, 0.2) is 0 Å². The van der Waals surface area contributed by atoms with Gasteiger partial charge in [0.1, 0.15) is 0 Å². The van der Waals surface area contributed by atoms with Crippen molar-refractivity contribution in [3.8, 4) is 0 Å². The molecule has 19 heavy (non-hydrogen) atoms. The van der Waals surface area contributed by atoms with Crippen LogP contribution in [0.2, 0.25) is 0 Å². The van der Waals surface area contributed by atoms with Gasteiger partial charge in [-0.3, -0.25) is 0 Å². The Hall–Kier alpha value is -0.730. The van der Waals surface area contributed by atoms with Crippen LogP contribution in [0.25, 0.3) is 0 Å². The van der Waals surface area contributed by atoms with Gasteiger partial charge >= 0.3 is 6.03 Å². The molecule has 0 spiro atoms. The maximum absolute atomic E-state index is 12.2. The zero-order valence-electron chi connectivity index (χ0n) is 12.4. The van der Waals surface area contributed by atoms with Crippen molar-refractivity contribution in [2.24, 2.45) is 17.8 Å². The Morgan fingerprint density at radius 1 is 1.05 bits per heavy atom. The van der Waals surface area contributed by atoms with Crippen LogP contribution in [0.4, 0.5) is 4.79 Å². The number of nitrogens with one attached hydrogen (secondary N) is 2. The molecule has 0 saturated heterocycles. The number of carbonyl (C=O) groups is 1. The molecule has 3 nitrogen and oxygen atoms in total. The van der Waals surface area contributed by atoms with E-state index in [1.165, 1.54) is 38.5 Å². The van der Waals surface area contributed by atoms with Crippen molar-refractivity contribution in [3.63, 3.8) is 0 Å². The molecule has 0 atom stereocenters. The highest BCUT2D eigenvalue weighted by Crippen LogP contribution is 2.55. The van der Waals surface area contributed by atoms with E-state index in [0.29, 0.717) is 6.04 Å². The lowest BCUT2D eigenvalue weighted by molar-refractivity contribution is -0.0136. The van der Waals surface area contributed by atoms with Crippen LogP contribution in [0, 0.1) is 17.8 Å². The van der Waals surface area contributed by atoms with Crippen LogP contribution in [0.1, 0.15) is 65.2 Å². The summed E-state index contributed by atoms with van der Waals surface area (Å²) in [6.45, 7) is 4.28. The van der Waals surface area contributed by atoms with E-state index in [0.717, 1.165) is 30.6 Å². The molecule has 0 aromatic heterocycles. The van der Waals surface area contributed by atoms with Crippen molar-refractivity contribution in [2.75, 3.05) is 0 Å². The molecular weight excluding hydrogens is 236 g/mol. The van der Waals surface area contributed by atoms with Crippen molar-refractivity contribution in [1.29, 1.82) is 0 Å². The van der Waals surface area contributed by atoms with Gasteiger partial charge in [-0.05, 0) is 69.1 Å². The third-order valence-electron chi connectivity index (χ3n) is 5.74. The van der Waals surface area contributed by atoms with E-state index in [4.69, 9.17) is 0 Å². The second-order valence-electron chi connectivity index (χ2n) is 7.31. The average molecular weight is 264 g/mol. The van der Waals surface area contributed by atoms with Gasteiger partial charge in [-0.2, -0.15) is 0 Å². The SMILES string of the molecule is CCC(CC)NC(=O)NC12CC3CC(CC(C3)C1)C2. The summed E-state index contributed by atoms with van der Waals surface area (Å²) in [6, 6.07) is 0.407. The summed E-state index contributed by atoms with van der Waals surface area (Å²) in [6.07, 6.45) is 10.0. The molecule has 108 valence electrons. The second kappa shape index (κ2) is 4.99. The van der Waals surface area contributed by atoms with Crippen LogP contribution < -0.4 is 10.6 Å². The molecule has 0 aromatic rings. The lowest BCUT2D eigenvalue weighted by Gasteiger charge is -2.56. The van der Waals surface area contributed by atoms with Gasteiger partial charge in [0.05, 0.1) is 0 Å². The van der Waals surface area contributed by atoms with Crippen LogP contribution >= 0.6 is 0 Å². The zero-order valence-corrected chi connectivity index (χ0v) is 12.4. The van der Waals surface area contributed by atoms with Crippen molar-refractivity contribution in [3.05, 3.63) is 0 Å². The lowest BCUT2D eigenvalue weighted by Crippen LogP contribution is -2.62. The Labute approximate surface area is 116 Å². The minimum absolute atomic E-state index is 0.0793. The van der Waals surface area contributed by atoms with Gasteiger partial charge in [0, 0.05) is 11.6 Å². The summed E-state index contributed by atoms with van der Waals surface area (Å²) in [5.41, 5.74) is 0.144. The maximum atomic E-state index is 12.2. The Balaban J connectivity index is 1.61.